The first kappa shape index (κ1) is 14.7. The van der Waals surface area contributed by atoms with E-state index in [0.29, 0.717) is 24.3 Å². The molecule has 0 aliphatic rings. The van der Waals surface area contributed by atoms with Crippen molar-refractivity contribution in [2.75, 3.05) is 13.7 Å². The van der Waals surface area contributed by atoms with Crippen LogP contribution in [0, 0.1) is 0 Å². The molecular formula is C16H17NO4. The Balaban J connectivity index is 1.89. The molecule has 5 nitrogen and oxygen atoms in total. The van der Waals surface area contributed by atoms with Crippen LogP contribution in [-0.2, 0) is 6.42 Å². The molecular weight excluding hydrogens is 270 g/mol. The lowest BCUT2D eigenvalue weighted by Gasteiger charge is -2.08. The number of hydrogen-bond donors (Lipinski definition) is 3. The largest absolute Gasteiger partial charge is 0.508 e. The summed E-state index contributed by atoms with van der Waals surface area (Å²) in [6.45, 7) is 0.469. The van der Waals surface area contributed by atoms with Crippen LogP contribution in [0.4, 0.5) is 0 Å². The number of amides is 1. The first-order chi connectivity index (χ1) is 10.1. The summed E-state index contributed by atoms with van der Waals surface area (Å²) in [6, 6.07) is 11.3. The third-order valence-electron chi connectivity index (χ3n) is 3.08. The standard InChI is InChI=1S/C16H17NO4/c1-21-15-7-4-12(10-14(15)19)16(20)17-9-8-11-2-5-13(18)6-3-11/h2-7,10,18-19H,8-9H2,1H3,(H,17,20). The van der Waals surface area contributed by atoms with E-state index in [0.717, 1.165) is 5.56 Å². The van der Waals surface area contributed by atoms with Crippen LogP contribution < -0.4 is 10.1 Å². The number of rotatable bonds is 5. The van der Waals surface area contributed by atoms with Gasteiger partial charge in [0.15, 0.2) is 11.5 Å². The smallest absolute Gasteiger partial charge is 0.251 e. The van der Waals surface area contributed by atoms with E-state index in [-0.39, 0.29) is 17.4 Å². The minimum atomic E-state index is -0.258. The van der Waals surface area contributed by atoms with Crippen molar-refractivity contribution in [3.8, 4) is 17.2 Å². The lowest BCUT2D eigenvalue weighted by Crippen LogP contribution is -2.25. The lowest BCUT2D eigenvalue weighted by atomic mass is 10.1. The number of aromatic hydroxyl groups is 2. The minimum Gasteiger partial charge on any atom is -0.508 e. The third-order valence-corrected chi connectivity index (χ3v) is 3.08. The highest BCUT2D eigenvalue weighted by Crippen LogP contribution is 2.26. The van der Waals surface area contributed by atoms with E-state index in [1.54, 1.807) is 36.4 Å². The average molecular weight is 287 g/mol. The van der Waals surface area contributed by atoms with Crippen molar-refractivity contribution in [3.63, 3.8) is 0 Å². The Bertz CT molecular complexity index is 623. The van der Waals surface area contributed by atoms with Crippen molar-refractivity contribution in [1.29, 1.82) is 0 Å². The van der Waals surface area contributed by atoms with Crippen molar-refractivity contribution in [2.24, 2.45) is 0 Å². The summed E-state index contributed by atoms with van der Waals surface area (Å²) < 4.78 is 4.93. The normalized spacial score (nSPS) is 10.1. The molecule has 0 aliphatic carbocycles. The molecule has 0 unspecified atom stereocenters. The molecule has 0 atom stereocenters. The van der Waals surface area contributed by atoms with E-state index in [4.69, 9.17) is 4.74 Å². The van der Waals surface area contributed by atoms with Crippen LogP contribution >= 0.6 is 0 Å². The Morgan fingerprint density at radius 1 is 1.14 bits per heavy atom. The van der Waals surface area contributed by atoms with Crippen LogP contribution in [0.2, 0.25) is 0 Å². The molecule has 2 aromatic carbocycles. The summed E-state index contributed by atoms with van der Waals surface area (Å²) >= 11 is 0. The maximum absolute atomic E-state index is 11.9. The van der Waals surface area contributed by atoms with Crippen LogP contribution in [0.25, 0.3) is 0 Å². The van der Waals surface area contributed by atoms with Gasteiger partial charge in [0.1, 0.15) is 5.75 Å². The quantitative estimate of drug-likeness (QED) is 0.786. The molecule has 2 rings (SSSR count). The van der Waals surface area contributed by atoms with Crippen LogP contribution in [0.15, 0.2) is 42.5 Å². The van der Waals surface area contributed by atoms with Crippen molar-refractivity contribution in [3.05, 3.63) is 53.6 Å². The van der Waals surface area contributed by atoms with Crippen molar-refractivity contribution < 1.29 is 19.7 Å². The van der Waals surface area contributed by atoms with Crippen molar-refractivity contribution in [2.45, 2.75) is 6.42 Å². The van der Waals surface area contributed by atoms with Crippen LogP contribution in [-0.4, -0.2) is 29.8 Å². The number of ether oxygens (including phenoxy) is 1. The van der Waals surface area contributed by atoms with E-state index in [2.05, 4.69) is 5.32 Å². The van der Waals surface area contributed by atoms with Gasteiger partial charge in [0.2, 0.25) is 0 Å². The molecule has 0 aromatic heterocycles. The van der Waals surface area contributed by atoms with Gasteiger partial charge in [0.25, 0.3) is 5.91 Å². The van der Waals surface area contributed by atoms with Gasteiger partial charge in [-0.1, -0.05) is 12.1 Å². The average Bonchev–Trinajstić information content (AvgIpc) is 2.49. The number of benzene rings is 2. The summed E-state index contributed by atoms with van der Waals surface area (Å²) in [5.41, 5.74) is 1.39. The van der Waals surface area contributed by atoms with Crippen LogP contribution in [0.1, 0.15) is 15.9 Å². The Morgan fingerprint density at radius 3 is 2.48 bits per heavy atom. The van der Waals surface area contributed by atoms with E-state index >= 15 is 0 Å². The summed E-state index contributed by atoms with van der Waals surface area (Å²) in [7, 11) is 1.45. The maximum atomic E-state index is 11.9. The highest BCUT2D eigenvalue weighted by Gasteiger charge is 2.09. The molecule has 110 valence electrons. The lowest BCUT2D eigenvalue weighted by molar-refractivity contribution is 0.0953. The van der Waals surface area contributed by atoms with E-state index in [1.807, 2.05) is 0 Å². The number of hydrogen-bond acceptors (Lipinski definition) is 4. The molecule has 1 amide bonds. The molecule has 3 N–H and O–H groups in total. The van der Waals surface area contributed by atoms with Crippen LogP contribution in [0.3, 0.4) is 0 Å². The van der Waals surface area contributed by atoms with Gasteiger partial charge in [-0.25, -0.2) is 0 Å². The third kappa shape index (κ3) is 3.89. The summed E-state index contributed by atoms with van der Waals surface area (Å²) in [4.78, 5) is 11.9. The van der Waals surface area contributed by atoms with Gasteiger partial charge in [-0.05, 0) is 42.3 Å². The van der Waals surface area contributed by atoms with Gasteiger partial charge in [-0.3, -0.25) is 4.79 Å². The minimum absolute atomic E-state index is 0.0660. The fourth-order valence-electron chi connectivity index (χ4n) is 1.92. The molecule has 0 fully saturated rings. The molecule has 0 heterocycles. The van der Waals surface area contributed by atoms with Gasteiger partial charge < -0.3 is 20.3 Å². The number of phenolic OH excluding ortho intramolecular Hbond substituents is 2. The second-order valence-corrected chi connectivity index (χ2v) is 4.56. The van der Waals surface area contributed by atoms with Crippen molar-refractivity contribution in [1.82, 2.24) is 5.32 Å². The molecule has 0 saturated heterocycles. The van der Waals surface area contributed by atoms with Gasteiger partial charge >= 0.3 is 0 Å². The van der Waals surface area contributed by atoms with Gasteiger partial charge in [-0.2, -0.15) is 0 Å². The topological polar surface area (TPSA) is 78.8 Å². The molecule has 0 saturated carbocycles. The summed E-state index contributed by atoms with van der Waals surface area (Å²) in [5.74, 6) is 0.225. The first-order valence-corrected chi connectivity index (χ1v) is 6.53. The Labute approximate surface area is 122 Å². The fourth-order valence-corrected chi connectivity index (χ4v) is 1.92. The van der Waals surface area contributed by atoms with Gasteiger partial charge in [0.05, 0.1) is 7.11 Å². The zero-order chi connectivity index (χ0) is 15.2. The Hall–Kier alpha value is -2.69. The predicted octanol–water partition coefficient (Wildman–Crippen LogP) is 2.08. The van der Waals surface area contributed by atoms with E-state index in [9.17, 15) is 15.0 Å². The second kappa shape index (κ2) is 6.65. The van der Waals surface area contributed by atoms with Gasteiger partial charge in [-0.15, -0.1) is 0 Å². The SMILES string of the molecule is COc1ccc(C(=O)NCCc2ccc(O)cc2)cc1O. The first-order valence-electron chi connectivity index (χ1n) is 6.53. The summed E-state index contributed by atoms with van der Waals surface area (Å²) in [5, 5.41) is 21.6. The molecule has 5 heteroatoms. The molecule has 0 spiro atoms. The monoisotopic (exact) mass is 287 g/mol. The van der Waals surface area contributed by atoms with Gasteiger partial charge in [0, 0.05) is 12.1 Å². The number of phenols is 2. The summed E-state index contributed by atoms with van der Waals surface area (Å²) in [6.07, 6.45) is 0.661. The van der Waals surface area contributed by atoms with E-state index in [1.165, 1.54) is 13.2 Å². The molecule has 2 aromatic rings. The zero-order valence-electron chi connectivity index (χ0n) is 11.7. The zero-order valence-corrected chi connectivity index (χ0v) is 11.7. The second-order valence-electron chi connectivity index (χ2n) is 4.56. The molecule has 0 radical (unpaired) electrons. The molecule has 0 aliphatic heterocycles. The maximum Gasteiger partial charge on any atom is 0.251 e. The Morgan fingerprint density at radius 2 is 1.86 bits per heavy atom. The fraction of sp³-hybridized carbons (Fsp3) is 0.188. The number of carbonyl (C=O) groups is 1. The molecule has 21 heavy (non-hydrogen) atoms. The number of nitrogens with one attached hydrogen (secondary N) is 1. The van der Waals surface area contributed by atoms with E-state index < -0.39 is 0 Å². The van der Waals surface area contributed by atoms with Crippen LogP contribution in [0.5, 0.6) is 17.2 Å². The number of methoxy groups -OCH3 is 1. The Kier molecular flexibility index (Phi) is 4.66. The molecule has 0 bridgehead atoms. The highest BCUT2D eigenvalue weighted by molar-refractivity contribution is 5.94. The number of carbonyl (C=O) groups excluding carboxylic acids is 1. The predicted molar refractivity (Wildman–Crippen MR) is 78.8 cm³/mol. The highest BCUT2D eigenvalue weighted by atomic mass is 16.5. The van der Waals surface area contributed by atoms with Crippen molar-refractivity contribution >= 4 is 5.91 Å².